The minimum atomic E-state index is -0.365. The van der Waals surface area contributed by atoms with Crippen LogP contribution in [-0.4, -0.2) is 29.6 Å². The van der Waals surface area contributed by atoms with Crippen molar-refractivity contribution in [3.05, 3.63) is 35.9 Å². The molecular formula is C16H25NO. The van der Waals surface area contributed by atoms with E-state index in [1.165, 1.54) is 25.7 Å². The Hall–Kier alpha value is -0.860. The summed E-state index contributed by atoms with van der Waals surface area (Å²) in [5.41, 5.74) is 1.02. The molecule has 2 heteroatoms. The van der Waals surface area contributed by atoms with Gasteiger partial charge in [-0.05, 0) is 44.2 Å². The summed E-state index contributed by atoms with van der Waals surface area (Å²) in [5, 5.41) is 10.2. The summed E-state index contributed by atoms with van der Waals surface area (Å²) in [7, 11) is 2.15. The van der Waals surface area contributed by atoms with E-state index in [2.05, 4.69) is 18.9 Å². The molecule has 0 amide bonds. The Labute approximate surface area is 111 Å². The Bertz CT molecular complexity index is 343. The number of likely N-dealkylation sites (N-methyl/N-ethyl adjacent to an activating group) is 1. The van der Waals surface area contributed by atoms with Crippen LogP contribution < -0.4 is 0 Å². The fourth-order valence-corrected chi connectivity index (χ4v) is 2.89. The molecule has 0 aromatic heterocycles. The number of benzene rings is 1. The first-order chi connectivity index (χ1) is 8.66. The standard InChI is InChI=1S/C16H25NO/c1-13-8-10-15(11-9-13)17(2)12-16(18)14-6-4-3-5-7-14/h3-7,13,15-16,18H,8-12H2,1-2H3/t13?,15?,16-/m1/s1. The zero-order valence-electron chi connectivity index (χ0n) is 11.5. The van der Waals surface area contributed by atoms with Crippen molar-refractivity contribution in [2.75, 3.05) is 13.6 Å². The average Bonchev–Trinajstić information content (AvgIpc) is 2.40. The smallest absolute Gasteiger partial charge is 0.0916 e. The molecule has 1 atom stereocenters. The lowest BCUT2D eigenvalue weighted by molar-refractivity contribution is 0.0857. The molecule has 0 aliphatic heterocycles. The second kappa shape index (κ2) is 6.35. The lowest BCUT2D eigenvalue weighted by Gasteiger charge is -2.34. The molecule has 1 aliphatic carbocycles. The predicted octanol–water partition coefficient (Wildman–Crippen LogP) is 3.23. The Morgan fingerprint density at radius 3 is 2.39 bits per heavy atom. The van der Waals surface area contributed by atoms with E-state index in [-0.39, 0.29) is 6.10 Å². The van der Waals surface area contributed by atoms with Crippen molar-refractivity contribution in [1.29, 1.82) is 0 Å². The van der Waals surface area contributed by atoms with Crippen molar-refractivity contribution in [1.82, 2.24) is 4.90 Å². The maximum absolute atomic E-state index is 10.2. The van der Waals surface area contributed by atoms with Crippen LogP contribution in [-0.2, 0) is 0 Å². The van der Waals surface area contributed by atoms with Gasteiger partial charge < -0.3 is 10.0 Å². The minimum Gasteiger partial charge on any atom is -0.387 e. The highest BCUT2D eigenvalue weighted by atomic mass is 16.3. The monoisotopic (exact) mass is 247 g/mol. The van der Waals surface area contributed by atoms with Gasteiger partial charge in [-0.1, -0.05) is 37.3 Å². The van der Waals surface area contributed by atoms with Gasteiger partial charge in [-0.15, -0.1) is 0 Å². The van der Waals surface area contributed by atoms with Crippen LogP contribution in [0.3, 0.4) is 0 Å². The number of hydrogen-bond donors (Lipinski definition) is 1. The average molecular weight is 247 g/mol. The van der Waals surface area contributed by atoms with Crippen LogP contribution in [0.5, 0.6) is 0 Å². The number of aliphatic hydroxyl groups is 1. The molecule has 1 aromatic rings. The molecular weight excluding hydrogens is 222 g/mol. The van der Waals surface area contributed by atoms with Crippen molar-refractivity contribution in [2.45, 2.75) is 44.8 Å². The molecule has 18 heavy (non-hydrogen) atoms. The zero-order valence-corrected chi connectivity index (χ0v) is 11.5. The third-order valence-electron chi connectivity index (χ3n) is 4.25. The lowest BCUT2D eigenvalue weighted by atomic mass is 9.86. The number of aliphatic hydroxyl groups excluding tert-OH is 1. The maximum atomic E-state index is 10.2. The van der Waals surface area contributed by atoms with Crippen molar-refractivity contribution >= 4 is 0 Å². The summed E-state index contributed by atoms with van der Waals surface area (Å²) < 4.78 is 0. The van der Waals surface area contributed by atoms with Gasteiger partial charge in [0.05, 0.1) is 6.10 Å². The number of rotatable bonds is 4. The zero-order chi connectivity index (χ0) is 13.0. The molecule has 100 valence electrons. The molecule has 0 saturated heterocycles. The van der Waals surface area contributed by atoms with E-state index in [0.29, 0.717) is 6.04 Å². The molecule has 1 fully saturated rings. The molecule has 0 bridgehead atoms. The van der Waals surface area contributed by atoms with Gasteiger partial charge in [0.15, 0.2) is 0 Å². The van der Waals surface area contributed by atoms with E-state index in [4.69, 9.17) is 0 Å². The van der Waals surface area contributed by atoms with Crippen molar-refractivity contribution < 1.29 is 5.11 Å². The lowest BCUT2D eigenvalue weighted by Crippen LogP contribution is -2.37. The third-order valence-corrected chi connectivity index (χ3v) is 4.25. The topological polar surface area (TPSA) is 23.5 Å². The predicted molar refractivity (Wildman–Crippen MR) is 75.5 cm³/mol. The molecule has 1 aromatic carbocycles. The SMILES string of the molecule is CC1CCC(N(C)C[C@@H](O)c2ccccc2)CC1. The quantitative estimate of drug-likeness (QED) is 0.883. The number of nitrogens with zero attached hydrogens (tertiary/aromatic N) is 1. The first-order valence-electron chi connectivity index (χ1n) is 7.10. The molecule has 0 unspecified atom stereocenters. The third kappa shape index (κ3) is 3.56. The van der Waals surface area contributed by atoms with Gasteiger partial charge in [0.25, 0.3) is 0 Å². The summed E-state index contributed by atoms with van der Waals surface area (Å²) in [5.74, 6) is 0.883. The van der Waals surface area contributed by atoms with E-state index in [1.54, 1.807) is 0 Å². The Morgan fingerprint density at radius 2 is 1.78 bits per heavy atom. The number of hydrogen-bond acceptors (Lipinski definition) is 2. The highest BCUT2D eigenvalue weighted by Crippen LogP contribution is 2.27. The van der Waals surface area contributed by atoms with Crippen LogP contribution in [0, 0.1) is 5.92 Å². The van der Waals surface area contributed by atoms with Crippen molar-refractivity contribution in [3.63, 3.8) is 0 Å². The normalized spacial score (nSPS) is 26.2. The molecule has 0 spiro atoms. The molecule has 2 rings (SSSR count). The van der Waals surface area contributed by atoms with E-state index < -0.39 is 0 Å². The van der Waals surface area contributed by atoms with Crippen molar-refractivity contribution in [3.8, 4) is 0 Å². The van der Waals surface area contributed by atoms with Gasteiger partial charge in [-0.3, -0.25) is 0 Å². The highest BCUT2D eigenvalue weighted by molar-refractivity contribution is 5.17. The minimum absolute atomic E-state index is 0.365. The van der Waals surface area contributed by atoms with Gasteiger partial charge in [-0.25, -0.2) is 0 Å². The van der Waals surface area contributed by atoms with Gasteiger partial charge >= 0.3 is 0 Å². The first kappa shape index (κ1) is 13.6. The summed E-state index contributed by atoms with van der Waals surface area (Å²) in [4.78, 5) is 2.34. The Balaban J connectivity index is 1.85. The van der Waals surface area contributed by atoms with Gasteiger partial charge in [0.1, 0.15) is 0 Å². The Morgan fingerprint density at radius 1 is 1.17 bits per heavy atom. The molecule has 0 radical (unpaired) electrons. The highest BCUT2D eigenvalue weighted by Gasteiger charge is 2.23. The summed E-state index contributed by atoms with van der Waals surface area (Å²) >= 11 is 0. The van der Waals surface area contributed by atoms with E-state index in [0.717, 1.165) is 18.0 Å². The second-order valence-electron chi connectivity index (χ2n) is 5.78. The molecule has 2 nitrogen and oxygen atoms in total. The van der Waals surface area contributed by atoms with Crippen LogP contribution in [0.2, 0.25) is 0 Å². The maximum Gasteiger partial charge on any atom is 0.0916 e. The Kier molecular flexibility index (Phi) is 4.79. The van der Waals surface area contributed by atoms with E-state index in [9.17, 15) is 5.11 Å². The fraction of sp³-hybridized carbons (Fsp3) is 0.625. The summed E-state index contributed by atoms with van der Waals surface area (Å²) in [6.07, 6.45) is 4.85. The molecule has 0 heterocycles. The first-order valence-corrected chi connectivity index (χ1v) is 7.10. The largest absolute Gasteiger partial charge is 0.387 e. The van der Waals surface area contributed by atoms with Crippen molar-refractivity contribution in [2.24, 2.45) is 5.92 Å². The van der Waals surface area contributed by atoms with Gasteiger partial charge in [-0.2, -0.15) is 0 Å². The molecule has 1 N–H and O–H groups in total. The van der Waals surface area contributed by atoms with Crippen LogP contribution >= 0.6 is 0 Å². The van der Waals surface area contributed by atoms with E-state index >= 15 is 0 Å². The molecule has 1 saturated carbocycles. The fourth-order valence-electron chi connectivity index (χ4n) is 2.89. The van der Waals surface area contributed by atoms with E-state index in [1.807, 2.05) is 30.3 Å². The molecule has 1 aliphatic rings. The summed E-state index contributed by atoms with van der Waals surface area (Å²) in [6, 6.07) is 10.6. The van der Waals surface area contributed by atoms with Crippen LogP contribution in [0.4, 0.5) is 0 Å². The summed E-state index contributed by atoms with van der Waals surface area (Å²) in [6.45, 7) is 3.08. The van der Waals surface area contributed by atoms with Gasteiger partial charge in [0.2, 0.25) is 0 Å². The second-order valence-corrected chi connectivity index (χ2v) is 5.78. The van der Waals surface area contributed by atoms with Crippen LogP contribution in [0.15, 0.2) is 30.3 Å². The van der Waals surface area contributed by atoms with Crippen LogP contribution in [0.25, 0.3) is 0 Å². The van der Waals surface area contributed by atoms with Crippen LogP contribution in [0.1, 0.15) is 44.3 Å². The van der Waals surface area contributed by atoms with Gasteiger partial charge in [0, 0.05) is 12.6 Å².